The molecule has 8 heteroatoms. The Morgan fingerprint density at radius 2 is 1.88 bits per heavy atom. The van der Waals surface area contributed by atoms with Crippen LogP contribution in [0.4, 0.5) is 0 Å². The van der Waals surface area contributed by atoms with Gasteiger partial charge in [-0.1, -0.05) is 10.4 Å². The number of carbonyl (C=O) groups is 1. The van der Waals surface area contributed by atoms with E-state index in [0.717, 1.165) is 0 Å². The van der Waals surface area contributed by atoms with Crippen LogP contribution in [-0.2, 0) is 20.7 Å². The number of aliphatic hydroxyl groups excluding tert-OH is 1. The number of aliphatic hydroxyl groups is 1. The van der Waals surface area contributed by atoms with Crippen molar-refractivity contribution in [2.45, 2.75) is 6.61 Å². The van der Waals surface area contributed by atoms with Crippen LogP contribution in [0.5, 0.6) is 0 Å². The van der Waals surface area contributed by atoms with Crippen LogP contribution in [0, 0.1) is 0 Å². The molecule has 0 saturated heterocycles. The molecule has 0 radical (unpaired) electrons. The van der Waals surface area contributed by atoms with E-state index < -0.39 is 0 Å². The monoisotopic (exact) mass is 224 g/mol. The van der Waals surface area contributed by atoms with Crippen LogP contribution >= 0.6 is 0 Å². The highest BCUT2D eigenvalue weighted by Crippen LogP contribution is 1.87. The second-order valence-electron chi connectivity index (χ2n) is 2.98. The molecule has 8 nitrogen and oxygen atoms in total. The summed E-state index contributed by atoms with van der Waals surface area (Å²) in [6.45, 7) is -0.0339. The summed E-state index contributed by atoms with van der Waals surface area (Å²) in [5.41, 5.74) is 0.972. The molecule has 86 valence electrons. The number of hydrogen-bond donors (Lipinski definition) is 1. The minimum Gasteiger partial charge on any atom is -0.390 e. The molecule has 0 amide bonds. The average Bonchev–Trinajstić information content (AvgIpc) is 2.88. The fourth-order valence-corrected chi connectivity index (χ4v) is 0.887. The van der Waals surface area contributed by atoms with Crippen LogP contribution in [0.1, 0.15) is 16.2 Å². The lowest BCUT2D eigenvalue weighted by molar-refractivity contribution is 0.111. The Labute approximate surface area is 91.5 Å². The van der Waals surface area contributed by atoms with Crippen molar-refractivity contribution < 1.29 is 9.90 Å². The van der Waals surface area contributed by atoms with Crippen LogP contribution in [0.25, 0.3) is 0 Å². The lowest BCUT2D eigenvalue weighted by atomic mass is 10.5. The van der Waals surface area contributed by atoms with Gasteiger partial charge in [0, 0.05) is 14.1 Å². The fourth-order valence-electron chi connectivity index (χ4n) is 0.887. The number of nitrogens with zero attached hydrogens (tertiary/aromatic N) is 6. The smallest absolute Gasteiger partial charge is 0.171 e. The van der Waals surface area contributed by atoms with Crippen molar-refractivity contribution in [3.05, 3.63) is 23.8 Å². The molecular weight excluding hydrogens is 212 g/mol. The van der Waals surface area contributed by atoms with Crippen molar-refractivity contribution >= 4 is 6.29 Å². The van der Waals surface area contributed by atoms with Gasteiger partial charge in [0.2, 0.25) is 0 Å². The molecule has 1 N–H and O–H groups in total. The van der Waals surface area contributed by atoms with Gasteiger partial charge in [0.1, 0.15) is 11.4 Å². The summed E-state index contributed by atoms with van der Waals surface area (Å²) in [4.78, 5) is 9.90. The zero-order valence-corrected chi connectivity index (χ0v) is 8.98. The van der Waals surface area contributed by atoms with E-state index in [0.29, 0.717) is 17.7 Å². The Bertz CT molecular complexity index is 449. The number of aryl methyl sites for hydroxylation is 2. The first kappa shape index (κ1) is 12.0. The third-order valence-electron chi connectivity index (χ3n) is 1.55. The molecule has 0 atom stereocenters. The second kappa shape index (κ2) is 5.71. The summed E-state index contributed by atoms with van der Waals surface area (Å²) < 4.78 is 3.02. The van der Waals surface area contributed by atoms with Gasteiger partial charge in [0.25, 0.3) is 0 Å². The number of rotatable bonds is 2. The van der Waals surface area contributed by atoms with E-state index in [1.54, 1.807) is 31.2 Å². The van der Waals surface area contributed by atoms with Gasteiger partial charge in [-0.3, -0.25) is 14.2 Å². The highest BCUT2D eigenvalue weighted by Gasteiger charge is 1.91. The van der Waals surface area contributed by atoms with Gasteiger partial charge in [0.05, 0.1) is 19.0 Å². The van der Waals surface area contributed by atoms with Crippen molar-refractivity contribution in [1.82, 2.24) is 30.0 Å². The molecule has 0 fully saturated rings. The van der Waals surface area contributed by atoms with E-state index in [1.165, 1.54) is 4.68 Å². The number of aromatic nitrogens is 6. The summed E-state index contributed by atoms with van der Waals surface area (Å²) in [5.74, 6) is 0. The third kappa shape index (κ3) is 3.58. The molecular formula is C8H12N6O2. The Balaban J connectivity index is 0.000000160. The third-order valence-corrected chi connectivity index (χ3v) is 1.55. The first-order valence-corrected chi connectivity index (χ1v) is 4.43. The molecule has 2 rings (SSSR count). The minimum atomic E-state index is -0.0339. The molecule has 2 heterocycles. The van der Waals surface area contributed by atoms with Crippen molar-refractivity contribution in [2.75, 3.05) is 0 Å². The van der Waals surface area contributed by atoms with Gasteiger partial charge in [-0.25, -0.2) is 0 Å². The lowest BCUT2D eigenvalue weighted by Crippen LogP contribution is -1.85. The van der Waals surface area contributed by atoms with E-state index in [4.69, 9.17) is 5.11 Å². The minimum absolute atomic E-state index is 0.0339. The normalized spacial score (nSPS) is 9.44. The van der Waals surface area contributed by atoms with Crippen molar-refractivity contribution in [3.8, 4) is 0 Å². The Kier molecular flexibility index (Phi) is 4.28. The Hall–Kier alpha value is -2.09. The lowest BCUT2D eigenvalue weighted by Gasteiger charge is -1.78. The van der Waals surface area contributed by atoms with Crippen molar-refractivity contribution in [3.63, 3.8) is 0 Å². The number of aldehydes is 1. The number of hydrogen-bond acceptors (Lipinski definition) is 6. The number of carbonyl (C=O) groups excluding carboxylic acids is 1. The Morgan fingerprint density at radius 3 is 2.12 bits per heavy atom. The van der Waals surface area contributed by atoms with Crippen LogP contribution in [0.3, 0.4) is 0 Å². The molecule has 0 bridgehead atoms. The first-order chi connectivity index (χ1) is 7.65. The standard InChI is InChI=1S/C4H7N3O.C4H5N3O/c2*1-7-2-4(3-8)5-6-7/h2,8H,3H2,1H3;2-3H,1H3. The zero-order valence-electron chi connectivity index (χ0n) is 8.98. The topological polar surface area (TPSA) is 98.7 Å². The molecule has 16 heavy (non-hydrogen) atoms. The summed E-state index contributed by atoms with van der Waals surface area (Å²) in [7, 11) is 3.46. The van der Waals surface area contributed by atoms with E-state index in [-0.39, 0.29) is 6.61 Å². The summed E-state index contributed by atoms with van der Waals surface area (Å²) in [6.07, 6.45) is 3.87. The molecule has 0 aliphatic heterocycles. The first-order valence-electron chi connectivity index (χ1n) is 4.43. The predicted octanol–water partition coefficient (Wildman–Crippen LogP) is -1.07. The Morgan fingerprint density at radius 1 is 1.25 bits per heavy atom. The fraction of sp³-hybridized carbons (Fsp3) is 0.375. The van der Waals surface area contributed by atoms with Gasteiger partial charge in [-0.05, 0) is 0 Å². The predicted molar refractivity (Wildman–Crippen MR) is 53.3 cm³/mol. The maximum absolute atomic E-state index is 9.90. The van der Waals surface area contributed by atoms with E-state index in [9.17, 15) is 4.79 Å². The zero-order chi connectivity index (χ0) is 12.0. The van der Waals surface area contributed by atoms with Crippen molar-refractivity contribution in [2.24, 2.45) is 14.1 Å². The van der Waals surface area contributed by atoms with Crippen molar-refractivity contribution in [1.29, 1.82) is 0 Å². The van der Waals surface area contributed by atoms with Gasteiger partial charge >= 0.3 is 0 Å². The van der Waals surface area contributed by atoms with E-state index in [1.807, 2.05) is 0 Å². The molecule has 0 aliphatic rings. The molecule has 0 aromatic carbocycles. The van der Waals surface area contributed by atoms with Gasteiger partial charge in [0.15, 0.2) is 6.29 Å². The SMILES string of the molecule is Cn1cc(C=O)nn1.Cn1cc(CO)nn1. The van der Waals surface area contributed by atoms with Crippen LogP contribution in [-0.4, -0.2) is 41.4 Å². The van der Waals surface area contributed by atoms with Gasteiger partial charge in [-0.15, -0.1) is 10.2 Å². The van der Waals surface area contributed by atoms with Crippen LogP contribution in [0.15, 0.2) is 12.4 Å². The summed E-state index contributed by atoms with van der Waals surface area (Å²) in [6, 6.07) is 0. The molecule has 2 aromatic rings. The maximum Gasteiger partial charge on any atom is 0.171 e. The van der Waals surface area contributed by atoms with Crippen LogP contribution < -0.4 is 0 Å². The molecule has 0 spiro atoms. The quantitative estimate of drug-likeness (QED) is 0.652. The van der Waals surface area contributed by atoms with Gasteiger partial charge in [-0.2, -0.15) is 0 Å². The van der Waals surface area contributed by atoms with Gasteiger partial charge < -0.3 is 5.11 Å². The average molecular weight is 224 g/mol. The molecule has 0 saturated carbocycles. The molecule has 2 aromatic heterocycles. The molecule has 0 unspecified atom stereocenters. The highest BCUT2D eigenvalue weighted by molar-refractivity contribution is 5.70. The summed E-state index contributed by atoms with van der Waals surface area (Å²) >= 11 is 0. The largest absolute Gasteiger partial charge is 0.390 e. The molecule has 0 aliphatic carbocycles. The second-order valence-corrected chi connectivity index (χ2v) is 2.98. The van der Waals surface area contributed by atoms with E-state index >= 15 is 0 Å². The van der Waals surface area contributed by atoms with Crippen LogP contribution in [0.2, 0.25) is 0 Å². The summed E-state index contributed by atoms with van der Waals surface area (Å²) in [5, 5.41) is 22.6. The maximum atomic E-state index is 9.90. The van der Waals surface area contributed by atoms with E-state index in [2.05, 4.69) is 20.6 Å². The highest BCUT2D eigenvalue weighted by atomic mass is 16.3.